The molecule has 4 unspecified atom stereocenters. The van der Waals surface area contributed by atoms with E-state index < -0.39 is 30.2 Å². The van der Waals surface area contributed by atoms with E-state index in [-0.39, 0.29) is 11.7 Å². The van der Waals surface area contributed by atoms with E-state index in [9.17, 15) is 24.5 Å². The smallest absolute Gasteiger partial charge is 0.229 e. The zero-order chi connectivity index (χ0) is 22.8. The molecule has 1 fully saturated rings. The van der Waals surface area contributed by atoms with Crippen molar-refractivity contribution in [1.29, 1.82) is 0 Å². The third-order valence-corrected chi connectivity index (χ3v) is 5.32. The van der Waals surface area contributed by atoms with Gasteiger partial charge in [-0.25, -0.2) is 4.39 Å². The molecule has 0 spiro atoms. The summed E-state index contributed by atoms with van der Waals surface area (Å²) >= 11 is 0. The zero-order valence-corrected chi connectivity index (χ0v) is 17.7. The van der Waals surface area contributed by atoms with Crippen LogP contribution in [0.2, 0.25) is 0 Å². The molecule has 2 aromatic rings. The molecule has 0 radical (unpaired) electrons. The van der Waals surface area contributed by atoms with E-state index in [4.69, 9.17) is 9.47 Å². The SMILES string of the molecule is CC(=O)NCCc1ccc(OC2OC(C)(C)C(O)C(O)C2O)cc1-c1cccc(F)c1. The van der Waals surface area contributed by atoms with E-state index in [1.807, 2.05) is 0 Å². The molecule has 31 heavy (non-hydrogen) atoms. The van der Waals surface area contributed by atoms with Gasteiger partial charge in [0.1, 0.15) is 29.9 Å². The molecule has 0 aromatic heterocycles. The Morgan fingerprint density at radius 2 is 1.90 bits per heavy atom. The Hall–Kier alpha value is -2.52. The molecule has 1 aliphatic heterocycles. The Labute approximate surface area is 180 Å². The lowest BCUT2D eigenvalue weighted by atomic mass is 9.90. The van der Waals surface area contributed by atoms with Crippen molar-refractivity contribution >= 4 is 5.91 Å². The second kappa shape index (κ2) is 9.32. The van der Waals surface area contributed by atoms with Gasteiger partial charge in [-0.15, -0.1) is 0 Å². The average molecular weight is 433 g/mol. The fourth-order valence-corrected chi connectivity index (χ4v) is 3.57. The Bertz CT molecular complexity index is 934. The average Bonchev–Trinajstić information content (AvgIpc) is 2.71. The Morgan fingerprint density at radius 3 is 2.58 bits per heavy atom. The molecule has 4 atom stereocenters. The van der Waals surface area contributed by atoms with E-state index in [0.29, 0.717) is 29.8 Å². The third kappa shape index (κ3) is 5.40. The standard InChI is InChI=1S/C23H28FNO6/c1-13(26)25-10-9-14-7-8-17(12-18(14)15-5-4-6-16(24)11-15)30-22-20(28)19(27)21(29)23(2,3)31-22/h4-8,11-12,19-22,27-29H,9-10H2,1-3H3,(H,25,26). The number of aliphatic hydroxyl groups excluding tert-OH is 3. The van der Waals surface area contributed by atoms with Gasteiger partial charge in [0.05, 0.1) is 5.60 Å². The molecule has 1 amide bonds. The monoisotopic (exact) mass is 433 g/mol. The van der Waals surface area contributed by atoms with E-state index >= 15 is 0 Å². The Morgan fingerprint density at radius 1 is 1.16 bits per heavy atom. The van der Waals surface area contributed by atoms with E-state index in [0.717, 1.165) is 5.56 Å². The highest BCUT2D eigenvalue weighted by Crippen LogP contribution is 2.33. The number of hydrogen-bond acceptors (Lipinski definition) is 6. The largest absolute Gasteiger partial charge is 0.462 e. The zero-order valence-electron chi connectivity index (χ0n) is 17.7. The predicted octanol–water partition coefficient (Wildman–Crippen LogP) is 1.77. The van der Waals surface area contributed by atoms with Crippen LogP contribution >= 0.6 is 0 Å². The molecule has 3 rings (SSSR count). The number of amides is 1. The maximum Gasteiger partial charge on any atom is 0.229 e. The van der Waals surface area contributed by atoms with Crippen LogP contribution in [-0.2, 0) is 16.0 Å². The van der Waals surface area contributed by atoms with Gasteiger partial charge in [0.15, 0.2) is 0 Å². The number of nitrogens with one attached hydrogen (secondary N) is 1. The summed E-state index contributed by atoms with van der Waals surface area (Å²) in [6.45, 7) is 5.03. The maximum atomic E-state index is 13.8. The molecule has 1 aliphatic rings. The summed E-state index contributed by atoms with van der Waals surface area (Å²) < 4.78 is 25.3. The van der Waals surface area contributed by atoms with Gasteiger partial charge in [-0.05, 0) is 61.2 Å². The minimum absolute atomic E-state index is 0.140. The number of rotatable bonds is 6. The van der Waals surface area contributed by atoms with Gasteiger partial charge in [0.2, 0.25) is 12.2 Å². The lowest BCUT2D eigenvalue weighted by Gasteiger charge is -2.44. The molecular formula is C23H28FNO6. The molecule has 8 heteroatoms. The fourth-order valence-electron chi connectivity index (χ4n) is 3.57. The number of carbonyl (C=O) groups is 1. The Kier molecular flexibility index (Phi) is 6.96. The van der Waals surface area contributed by atoms with Crippen LogP contribution in [0.1, 0.15) is 26.3 Å². The molecule has 1 heterocycles. The molecule has 1 saturated heterocycles. The molecular weight excluding hydrogens is 405 g/mol. The summed E-state index contributed by atoms with van der Waals surface area (Å²) in [6.07, 6.45) is -4.86. The highest BCUT2D eigenvalue weighted by molar-refractivity contribution is 5.73. The summed E-state index contributed by atoms with van der Waals surface area (Å²) in [5, 5.41) is 33.3. The van der Waals surface area contributed by atoms with Gasteiger partial charge in [0, 0.05) is 13.5 Å². The van der Waals surface area contributed by atoms with E-state index in [1.165, 1.54) is 19.1 Å². The molecule has 0 bridgehead atoms. The van der Waals surface area contributed by atoms with Crippen LogP contribution in [0.3, 0.4) is 0 Å². The number of aliphatic hydroxyl groups is 3. The van der Waals surface area contributed by atoms with Crippen LogP contribution in [0.4, 0.5) is 4.39 Å². The van der Waals surface area contributed by atoms with Crippen molar-refractivity contribution in [2.24, 2.45) is 0 Å². The number of halogens is 1. The summed E-state index contributed by atoms with van der Waals surface area (Å²) in [7, 11) is 0. The fraction of sp³-hybridized carbons (Fsp3) is 0.435. The van der Waals surface area contributed by atoms with Gasteiger partial charge in [0.25, 0.3) is 0 Å². The highest BCUT2D eigenvalue weighted by Gasteiger charge is 2.49. The summed E-state index contributed by atoms with van der Waals surface area (Å²) in [4.78, 5) is 11.2. The highest BCUT2D eigenvalue weighted by atomic mass is 19.1. The number of benzene rings is 2. The minimum Gasteiger partial charge on any atom is -0.462 e. The van der Waals surface area contributed by atoms with Crippen molar-refractivity contribution < 1.29 is 34.0 Å². The molecule has 4 N–H and O–H groups in total. The second-order valence-corrected chi connectivity index (χ2v) is 8.20. The van der Waals surface area contributed by atoms with Gasteiger partial charge < -0.3 is 30.1 Å². The van der Waals surface area contributed by atoms with Gasteiger partial charge >= 0.3 is 0 Å². The van der Waals surface area contributed by atoms with Crippen molar-refractivity contribution in [1.82, 2.24) is 5.32 Å². The third-order valence-electron chi connectivity index (χ3n) is 5.32. The summed E-state index contributed by atoms with van der Waals surface area (Å²) in [5.74, 6) is -0.188. The van der Waals surface area contributed by atoms with Crippen LogP contribution in [0.5, 0.6) is 5.75 Å². The molecule has 0 saturated carbocycles. The second-order valence-electron chi connectivity index (χ2n) is 8.20. The van der Waals surface area contributed by atoms with E-state index in [2.05, 4.69) is 5.32 Å². The van der Waals surface area contributed by atoms with Crippen molar-refractivity contribution in [2.45, 2.75) is 57.4 Å². The van der Waals surface area contributed by atoms with Crippen LogP contribution in [0, 0.1) is 5.82 Å². The lowest BCUT2D eigenvalue weighted by Crippen LogP contribution is -2.63. The number of carbonyl (C=O) groups excluding carboxylic acids is 1. The first-order valence-corrected chi connectivity index (χ1v) is 10.1. The first kappa shape index (κ1) is 23.1. The number of hydrogen-bond donors (Lipinski definition) is 4. The van der Waals surface area contributed by atoms with Crippen LogP contribution in [0.15, 0.2) is 42.5 Å². The first-order valence-electron chi connectivity index (χ1n) is 10.1. The molecule has 7 nitrogen and oxygen atoms in total. The Balaban J connectivity index is 1.89. The maximum absolute atomic E-state index is 13.8. The van der Waals surface area contributed by atoms with Crippen LogP contribution in [-0.4, -0.2) is 58.0 Å². The van der Waals surface area contributed by atoms with Crippen molar-refractivity contribution in [3.05, 3.63) is 53.8 Å². The van der Waals surface area contributed by atoms with Crippen molar-refractivity contribution in [2.75, 3.05) is 6.54 Å². The predicted molar refractivity (Wildman–Crippen MR) is 112 cm³/mol. The lowest BCUT2D eigenvalue weighted by molar-refractivity contribution is -0.301. The first-order chi connectivity index (χ1) is 14.6. The quantitative estimate of drug-likeness (QED) is 0.553. The van der Waals surface area contributed by atoms with Gasteiger partial charge in [-0.3, -0.25) is 4.79 Å². The number of ether oxygens (including phenoxy) is 2. The van der Waals surface area contributed by atoms with Crippen LogP contribution in [0.25, 0.3) is 11.1 Å². The molecule has 0 aliphatic carbocycles. The van der Waals surface area contributed by atoms with Crippen molar-refractivity contribution in [3.63, 3.8) is 0 Å². The van der Waals surface area contributed by atoms with Gasteiger partial charge in [-0.2, -0.15) is 0 Å². The van der Waals surface area contributed by atoms with Gasteiger partial charge in [-0.1, -0.05) is 18.2 Å². The molecule has 2 aromatic carbocycles. The topological polar surface area (TPSA) is 108 Å². The summed E-state index contributed by atoms with van der Waals surface area (Å²) in [6, 6.07) is 11.3. The summed E-state index contributed by atoms with van der Waals surface area (Å²) in [5.41, 5.74) is 1.07. The van der Waals surface area contributed by atoms with Crippen molar-refractivity contribution in [3.8, 4) is 16.9 Å². The minimum atomic E-state index is -1.46. The van der Waals surface area contributed by atoms with Crippen LogP contribution < -0.4 is 10.1 Å². The normalized spacial score (nSPS) is 25.1. The van der Waals surface area contributed by atoms with E-state index in [1.54, 1.807) is 44.2 Å². The molecule has 168 valence electrons.